The molecule has 0 fully saturated rings. The molecule has 0 atom stereocenters. The lowest BCUT2D eigenvalue weighted by Crippen LogP contribution is -2.11. The number of benzene rings is 1. The fourth-order valence-corrected chi connectivity index (χ4v) is 2.98. The molecule has 0 saturated heterocycles. The molecular formula is C19H18N2O3S. The van der Waals surface area contributed by atoms with Gasteiger partial charge in [0.05, 0.1) is 11.5 Å². The van der Waals surface area contributed by atoms with Crippen molar-refractivity contribution in [3.8, 4) is 11.5 Å². The number of ether oxygens (including phenoxy) is 2. The molecule has 1 aromatic carbocycles. The summed E-state index contributed by atoms with van der Waals surface area (Å²) in [7, 11) is 0. The summed E-state index contributed by atoms with van der Waals surface area (Å²) < 4.78 is 11.4. The highest BCUT2D eigenvalue weighted by atomic mass is 32.1. The van der Waals surface area contributed by atoms with Crippen LogP contribution in [0.25, 0.3) is 0 Å². The Labute approximate surface area is 150 Å². The van der Waals surface area contributed by atoms with Crippen LogP contribution in [-0.2, 0) is 6.61 Å². The van der Waals surface area contributed by atoms with E-state index in [2.05, 4.69) is 10.3 Å². The molecule has 1 amide bonds. The van der Waals surface area contributed by atoms with Gasteiger partial charge in [0, 0.05) is 11.8 Å². The van der Waals surface area contributed by atoms with Gasteiger partial charge in [-0.05, 0) is 42.6 Å². The molecule has 25 heavy (non-hydrogen) atoms. The molecule has 0 aliphatic carbocycles. The highest BCUT2D eigenvalue weighted by Crippen LogP contribution is 2.27. The highest BCUT2D eigenvalue weighted by Gasteiger charge is 2.11. The number of pyridine rings is 1. The number of thiophene rings is 1. The summed E-state index contributed by atoms with van der Waals surface area (Å²) in [6.45, 7) is 2.89. The van der Waals surface area contributed by atoms with Crippen molar-refractivity contribution < 1.29 is 14.3 Å². The second-order valence-corrected chi connectivity index (χ2v) is 6.07. The van der Waals surface area contributed by atoms with Crippen LogP contribution in [0.3, 0.4) is 0 Å². The number of nitrogens with one attached hydrogen (secondary N) is 1. The van der Waals surface area contributed by atoms with E-state index in [1.165, 1.54) is 11.3 Å². The maximum atomic E-state index is 12.2. The summed E-state index contributed by atoms with van der Waals surface area (Å²) in [6, 6.07) is 14.7. The minimum atomic E-state index is -0.176. The Morgan fingerprint density at radius 1 is 1.12 bits per heavy atom. The first-order chi connectivity index (χ1) is 12.3. The van der Waals surface area contributed by atoms with E-state index >= 15 is 0 Å². The Hall–Kier alpha value is -2.86. The molecule has 1 N–H and O–H groups in total. The summed E-state index contributed by atoms with van der Waals surface area (Å²) in [5.41, 5.74) is 0.933. The number of carbonyl (C=O) groups excluding carboxylic acids is 1. The van der Waals surface area contributed by atoms with Crippen LogP contribution in [0.2, 0.25) is 0 Å². The molecule has 6 heteroatoms. The third kappa shape index (κ3) is 4.58. The summed E-state index contributed by atoms with van der Waals surface area (Å²) in [6.07, 6.45) is 1.64. The summed E-state index contributed by atoms with van der Waals surface area (Å²) in [5, 5.41) is 4.68. The van der Waals surface area contributed by atoms with Crippen molar-refractivity contribution >= 4 is 23.1 Å². The first-order valence-electron chi connectivity index (χ1n) is 7.90. The van der Waals surface area contributed by atoms with Gasteiger partial charge < -0.3 is 14.8 Å². The molecule has 0 spiro atoms. The molecule has 0 unspecified atom stereocenters. The van der Waals surface area contributed by atoms with Gasteiger partial charge >= 0.3 is 0 Å². The topological polar surface area (TPSA) is 60.5 Å². The Balaban J connectivity index is 1.61. The fraction of sp³-hybridized carbons (Fsp3) is 0.158. The van der Waals surface area contributed by atoms with Crippen molar-refractivity contribution in [1.82, 2.24) is 4.98 Å². The Morgan fingerprint density at radius 2 is 1.88 bits per heavy atom. The minimum Gasteiger partial charge on any atom is -0.490 e. The second kappa shape index (κ2) is 8.30. The van der Waals surface area contributed by atoms with Crippen LogP contribution in [0.15, 0.2) is 60.1 Å². The molecule has 0 saturated carbocycles. The van der Waals surface area contributed by atoms with Gasteiger partial charge in [0.2, 0.25) is 0 Å². The van der Waals surface area contributed by atoms with Crippen molar-refractivity contribution in [1.29, 1.82) is 0 Å². The van der Waals surface area contributed by atoms with E-state index in [4.69, 9.17) is 9.47 Å². The standard InChI is InChI=1S/C19H18N2O3S/c1-2-23-15-7-3-4-8-16(15)24-12-14-11-17(25-13-14)19(22)21-18-9-5-6-10-20-18/h3-11,13H,2,12H2,1H3,(H,20,21,22). The Kier molecular flexibility index (Phi) is 5.64. The number of anilines is 1. The van der Waals surface area contributed by atoms with Crippen molar-refractivity contribution in [2.75, 3.05) is 11.9 Å². The van der Waals surface area contributed by atoms with Gasteiger partial charge in [-0.25, -0.2) is 4.98 Å². The monoisotopic (exact) mass is 354 g/mol. The molecular weight excluding hydrogens is 336 g/mol. The van der Waals surface area contributed by atoms with E-state index in [-0.39, 0.29) is 5.91 Å². The molecule has 3 rings (SSSR count). The third-order valence-corrected chi connectivity index (χ3v) is 4.31. The smallest absolute Gasteiger partial charge is 0.266 e. The van der Waals surface area contributed by atoms with Gasteiger partial charge in [-0.3, -0.25) is 4.79 Å². The van der Waals surface area contributed by atoms with Gasteiger partial charge in [0.15, 0.2) is 11.5 Å². The van der Waals surface area contributed by atoms with E-state index in [0.717, 1.165) is 5.56 Å². The number of hydrogen-bond acceptors (Lipinski definition) is 5. The maximum Gasteiger partial charge on any atom is 0.266 e. The normalized spacial score (nSPS) is 10.3. The van der Waals surface area contributed by atoms with Crippen LogP contribution in [0, 0.1) is 0 Å². The Morgan fingerprint density at radius 3 is 2.60 bits per heavy atom. The van der Waals surface area contributed by atoms with Crippen LogP contribution in [0.4, 0.5) is 5.82 Å². The predicted octanol–water partition coefficient (Wildman–Crippen LogP) is 4.37. The minimum absolute atomic E-state index is 0.176. The highest BCUT2D eigenvalue weighted by molar-refractivity contribution is 7.12. The summed E-state index contributed by atoms with van der Waals surface area (Å²) in [5.74, 6) is 1.76. The zero-order valence-electron chi connectivity index (χ0n) is 13.8. The van der Waals surface area contributed by atoms with E-state index in [0.29, 0.717) is 35.4 Å². The molecule has 0 aliphatic heterocycles. The zero-order chi connectivity index (χ0) is 17.5. The largest absolute Gasteiger partial charge is 0.490 e. The summed E-state index contributed by atoms with van der Waals surface area (Å²) >= 11 is 1.38. The van der Waals surface area contributed by atoms with Gasteiger partial charge in [0.1, 0.15) is 12.4 Å². The van der Waals surface area contributed by atoms with Crippen LogP contribution >= 0.6 is 11.3 Å². The molecule has 2 aromatic heterocycles. The average molecular weight is 354 g/mol. The number of amides is 1. The quantitative estimate of drug-likeness (QED) is 0.684. The lowest BCUT2D eigenvalue weighted by atomic mass is 10.3. The van der Waals surface area contributed by atoms with Gasteiger partial charge in [-0.15, -0.1) is 11.3 Å². The van der Waals surface area contributed by atoms with Crippen molar-refractivity contribution in [2.45, 2.75) is 13.5 Å². The maximum absolute atomic E-state index is 12.2. The van der Waals surface area contributed by atoms with Crippen LogP contribution in [0.5, 0.6) is 11.5 Å². The first-order valence-corrected chi connectivity index (χ1v) is 8.78. The lowest BCUT2D eigenvalue weighted by molar-refractivity contribution is 0.103. The van der Waals surface area contributed by atoms with Crippen LogP contribution < -0.4 is 14.8 Å². The molecule has 0 bridgehead atoms. The molecule has 2 heterocycles. The van der Waals surface area contributed by atoms with Crippen LogP contribution in [0.1, 0.15) is 22.2 Å². The lowest BCUT2D eigenvalue weighted by Gasteiger charge is -2.10. The van der Waals surface area contributed by atoms with E-state index in [1.54, 1.807) is 18.3 Å². The fourth-order valence-electron chi connectivity index (χ4n) is 2.19. The van der Waals surface area contributed by atoms with Gasteiger partial charge in [-0.1, -0.05) is 18.2 Å². The zero-order valence-corrected chi connectivity index (χ0v) is 14.6. The van der Waals surface area contributed by atoms with Crippen molar-refractivity contribution in [2.24, 2.45) is 0 Å². The van der Waals surface area contributed by atoms with Gasteiger partial charge in [-0.2, -0.15) is 0 Å². The molecule has 5 nitrogen and oxygen atoms in total. The number of nitrogens with zero attached hydrogens (tertiary/aromatic N) is 1. The number of hydrogen-bond donors (Lipinski definition) is 1. The van der Waals surface area contributed by atoms with Gasteiger partial charge in [0.25, 0.3) is 5.91 Å². The second-order valence-electron chi connectivity index (χ2n) is 5.16. The number of rotatable bonds is 7. The third-order valence-electron chi connectivity index (χ3n) is 3.33. The SMILES string of the molecule is CCOc1ccccc1OCc1csc(C(=O)Nc2ccccn2)c1. The van der Waals surface area contributed by atoms with Crippen molar-refractivity contribution in [3.05, 3.63) is 70.5 Å². The molecule has 3 aromatic rings. The Bertz CT molecular complexity index is 833. The molecule has 128 valence electrons. The van der Waals surface area contributed by atoms with Crippen LogP contribution in [-0.4, -0.2) is 17.5 Å². The molecule has 0 aliphatic rings. The van der Waals surface area contributed by atoms with Crippen molar-refractivity contribution in [3.63, 3.8) is 0 Å². The number of carbonyl (C=O) groups is 1. The predicted molar refractivity (Wildman–Crippen MR) is 98.5 cm³/mol. The first kappa shape index (κ1) is 17.0. The van der Waals surface area contributed by atoms with E-state index < -0.39 is 0 Å². The average Bonchev–Trinajstić information content (AvgIpc) is 3.11. The number of aromatic nitrogens is 1. The number of para-hydroxylation sites is 2. The van der Waals surface area contributed by atoms with E-state index in [9.17, 15) is 4.79 Å². The summed E-state index contributed by atoms with van der Waals surface area (Å²) in [4.78, 5) is 16.9. The molecule has 0 radical (unpaired) electrons. The van der Waals surface area contributed by atoms with E-state index in [1.807, 2.05) is 48.7 Å².